The zero-order valence-corrected chi connectivity index (χ0v) is 15.4. The molecule has 2 fully saturated rings. The topological polar surface area (TPSA) is 173 Å². The molecule has 0 aromatic heterocycles. The summed E-state index contributed by atoms with van der Waals surface area (Å²) in [6, 6.07) is -3.00. The summed E-state index contributed by atoms with van der Waals surface area (Å²) in [5.41, 5.74) is 5.40. The number of likely N-dealkylation sites (tertiary alicyclic amines) is 1. The molecular weight excluding hydrogens is 370 g/mol. The van der Waals surface area contributed by atoms with Crippen LogP contribution in [0.3, 0.4) is 0 Å². The third-order valence-corrected chi connectivity index (χ3v) is 5.29. The van der Waals surface area contributed by atoms with Crippen molar-refractivity contribution in [1.82, 2.24) is 10.2 Å². The predicted molar refractivity (Wildman–Crippen MR) is 96.5 cm³/mol. The minimum atomic E-state index is -1.71. The molecule has 0 aromatic rings. The van der Waals surface area contributed by atoms with E-state index in [9.17, 15) is 34.8 Å². The Kier molecular flexibility index (Phi) is 7.37. The lowest BCUT2D eigenvalue weighted by molar-refractivity contribution is -0.156. The van der Waals surface area contributed by atoms with E-state index in [4.69, 9.17) is 12.2 Å². The Morgan fingerprint density at radius 2 is 1.75 bits per heavy atom. The van der Waals surface area contributed by atoms with Crippen LogP contribution in [0.5, 0.6) is 0 Å². The van der Waals surface area contributed by atoms with Gasteiger partial charge in [-0.15, -0.1) is 12.3 Å². The molecule has 1 aliphatic carbocycles. The number of carboxylic acid groups (broad SMARTS) is 1. The van der Waals surface area contributed by atoms with Gasteiger partial charge in [0, 0.05) is 12.8 Å². The van der Waals surface area contributed by atoms with E-state index in [0.29, 0.717) is 13.0 Å². The lowest BCUT2D eigenvalue weighted by Crippen LogP contribution is -2.53. The summed E-state index contributed by atoms with van der Waals surface area (Å²) in [5.74, 6) is -1.54. The first-order chi connectivity index (χ1) is 13.3. The Morgan fingerprint density at radius 3 is 2.32 bits per heavy atom. The maximum Gasteiger partial charge on any atom is 0.311 e. The van der Waals surface area contributed by atoms with Crippen LogP contribution in [0.2, 0.25) is 0 Å². The number of nitrogens with zero attached hydrogens (tertiary/aromatic N) is 1. The maximum absolute atomic E-state index is 12.8. The Labute approximate surface area is 162 Å². The summed E-state index contributed by atoms with van der Waals surface area (Å²) in [7, 11) is 0. The van der Waals surface area contributed by atoms with Crippen LogP contribution in [0.1, 0.15) is 32.1 Å². The average molecular weight is 397 g/mol. The normalized spacial score (nSPS) is 32.0. The van der Waals surface area contributed by atoms with Gasteiger partial charge in [0.05, 0.1) is 18.2 Å². The number of aliphatic hydroxyl groups excluding tert-OH is 3. The highest BCUT2D eigenvalue weighted by atomic mass is 16.4. The smallest absolute Gasteiger partial charge is 0.311 e. The molecule has 0 aromatic carbocycles. The Morgan fingerprint density at radius 1 is 1.07 bits per heavy atom. The minimum absolute atomic E-state index is 0.109. The van der Waals surface area contributed by atoms with Gasteiger partial charge in [-0.05, 0) is 19.4 Å². The van der Waals surface area contributed by atoms with E-state index in [2.05, 4.69) is 11.2 Å². The Hall–Kier alpha value is -2.19. The van der Waals surface area contributed by atoms with Crippen molar-refractivity contribution in [2.45, 2.75) is 68.5 Å². The molecule has 0 spiro atoms. The maximum atomic E-state index is 12.8. The first-order valence-corrected chi connectivity index (χ1v) is 9.28. The number of fused-ring (bicyclic) bond motifs is 1. The molecule has 10 heteroatoms. The number of terminal acetylenes is 1. The zero-order valence-electron chi connectivity index (χ0n) is 15.4. The van der Waals surface area contributed by atoms with Crippen molar-refractivity contribution in [1.29, 1.82) is 0 Å². The van der Waals surface area contributed by atoms with Crippen molar-refractivity contribution in [2.24, 2.45) is 11.7 Å². The van der Waals surface area contributed by atoms with Gasteiger partial charge in [-0.25, -0.2) is 0 Å². The van der Waals surface area contributed by atoms with Crippen LogP contribution in [0, 0.1) is 18.3 Å². The standard InChI is InChI=1S/C18H27N3O7/c1-2-6-9(20-10(22)7-4-3-5-8-19)17(26)21-12-11(18(27)28)14(23)16(25)15(24)13(12)21/h1,9,11-16,23-25H,3-8,19H2,(H,20,22)(H,27,28)/t9?,11-,12?,13?,14+,15-,16-,21?/m0/s1. The van der Waals surface area contributed by atoms with Gasteiger partial charge in [0.1, 0.15) is 24.2 Å². The molecule has 1 aliphatic heterocycles. The van der Waals surface area contributed by atoms with E-state index in [1.807, 2.05) is 0 Å². The molecule has 1 heterocycles. The van der Waals surface area contributed by atoms with E-state index < -0.39 is 54.2 Å². The number of nitrogens with one attached hydrogen (secondary N) is 1. The molecule has 10 nitrogen and oxygen atoms in total. The molecule has 2 rings (SSSR count). The van der Waals surface area contributed by atoms with Crippen LogP contribution in [-0.2, 0) is 14.4 Å². The van der Waals surface area contributed by atoms with Crippen LogP contribution in [0.4, 0.5) is 0 Å². The molecule has 1 saturated heterocycles. The van der Waals surface area contributed by atoms with Crippen LogP contribution in [0.25, 0.3) is 0 Å². The van der Waals surface area contributed by atoms with Crippen LogP contribution in [0.15, 0.2) is 0 Å². The molecule has 7 atom stereocenters. The fraction of sp³-hybridized carbons (Fsp3) is 0.722. The monoisotopic (exact) mass is 397 g/mol. The van der Waals surface area contributed by atoms with Crippen LogP contribution < -0.4 is 11.1 Å². The fourth-order valence-electron chi connectivity index (χ4n) is 3.80. The predicted octanol–water partition coefficient (Wildman–Crippen LogP) is -2.61. The number of rotatable bonds is 9. The molecular formula is C18H27N3O7. The molecule has 156 valence electrons. The first-order valence-electron chi connectivity index (χ1n) is 9.28. The highest BCUT2D eigenvalue weighted by Crippen LogP contribution is 2.45. The van der Waals surface area contributed by atoms with E-state index in [-0.39, 0.29) is 18.7 Å². The quantitative estimate of drug-likeness (QED) is 0.139. The first kappa shape index (κ1) is 22.1. The van der Waals surface area contributed by atoms with E-state index in [0.717, 1.165) is 17.7 Å². The largest absolute Gasteiger partial charge is 0.481 e. The summed E-state index contributed by atoms with van der Waals surface area (Å²) in [6.07, 6.45) is 2.65. The van der Waals surface area contributed by atoms with E-state index in [1.54, 1.807) is 0 Å². The number of hydrogen-bond donors (Lipinski definition) is 6. The lowest BCUT2D eigenvalue weighted by atomic mass is 9.83. The minimum Gasteiger partial charge on any atom is -0.481 e. The molecule has 2 aliphatic rings. The number of nitrogens with two attached hydrogens (primary N) is 1. The summed E-state index contributed by atoms with van der Waals surface area (Å²) in [5, 5.41) is 41.8. The summed E-state index contributed by atoms with van der Waals surface area (Å²) < 4.78 is 0. The highest BCUT2D eigenvalue weighted by Gasteiger charge is 2.68. The SMILES string of the molecule is C#CCC(NC(=O)CCCCCN)C(=O)N1C2C1[C@H](C(=O)O)[C@@H](O)[C@H](O)[C@H]2O. The summed E-state index contributed by atoms with van der Waals surface area (Å²) in [4.78, 5) is 37.5. The van der Waals surface area contributed by atoms with Gasteiger partial charge in [0.2, 0.25) is 11.8 Å². The molecule has 28 heavy (non-hydrogen) atoms. The Bertz CT molecular complexity index is 650. The van der Waals surface area contributed by atoms with Gasteiger partial charge in [-0.2, -0.15) is 0 Å². The number of amides is 2. The van der Waals surface area contributed by atoms with Gasteiger partial charge in [-0.3, -0.25) is 14.4 Å². The number of aliphatic hydroxyl groups is 3. The van der Waals surface area contributed by atoms with Crippen LogP contribution >= 0.6 is 0 Å². The average Bonchev–Trinajstić information content (AvgIpc) is 3.37. The molecule has 7 N–H and O–H groups in total. The van der Waals surface area contributed by atoms with Gasteiger partial charge in [0.25, 0.3) is 0 Å². The second-order valence-corrected chi connectivity index (χ2v) is 7.19. The van der Waals surface area contributed by atoms with Crippen molar-refractivity contribution in [3.63, 3.8) is 0 Å². The molecule has 0 radical (unpaired) electrons. The number of carboxylic acids is 1. The lowest BCUT2D eigenvalue weighted by Gasteiger charge is -2.30. The number of carbonyl (C=O) groups is 3. The third kappa shape index (κ3) is 4.44. The van der Waals surface area contributed by atoms with Crippen LogP contribution in [-0.4, -0.2) is 86.1 Å². The number of unbranched alkanes of at least 4 members (excludes halogenated alkanes) is 2. The van der Waals surface area contributed by atoms with Gasteiger partial charge in [0.15, 0.2) is 0 Å². The molecule has 1 saturated carbocycles. The van der Waals surface area contributed by atoms with E-state index >= 15 is 0 Å². The van der Waals surface area contributed by atoms with Gasteiger partial charge in [-0.1, -0.05) is 6.42 Å². The fourth-order valence-corrected chi connectivity index (χ4v) is 3.80. The molecule has 0 bridgehead atoms. The summed E-state index contributed by atoms with van der Waals surface area (Å²) in [6.45, 7) is 0.530. The summed E-state index contributed by atoms with van der Waals surface area (Å²) >= 11 is 0. The Balaban J connectivity index is 2.06. The molecule has 3 unspecified atom stereocenters. The number of aliphatic carboxylic acids is 1. The zero-order chi connectivity index (χ0) is 21.0. The highest BCUT2D eigenvalue weighted by molar-refractivity contribution is 5.91. The van der Waals surface area contributed by atoms with Crippen molar-refractivity contribution >= 4 is 17.8 Å². The van der Waals surface area contributed by atoms with Crippen molar-refractivity contribution in [2.75, 3.05) is 6.54 Å². The second kappa shape index (κ2) is 9.34. The second-order valence-electron chi connectivity index (χ2n) is 7.19. The van der Waals surface area contributed by atoms with Crippen molar-refractivity contribution in [3.8, 4) is 12.3 Å². The van der Waals surface area contributed by atoms with Crippen molar-refractivity contribution < 1.29 is 34.8 Å². The molecule has 2 amide bonds. The third-order valence-electron chi connectivity index (χ3n) is 5.29. The number of carbonyl (C=O) groups excluding carboxylic acids is 2. The van der Waals surface area contributed by atoms with Crippen molar-refractivity contribution in [3.05, 3.63) is 0 Å². The van der Waals surface area contributed by atoms with Gasteiger partial charge >= 0.3 is 5.97 Å². The number of hydrogen-bond acceptors (Lipinski definition) is 7. The van der Waals surface area contributed by atoms with E-state index in [1.165, 1.54) is 0 Å². The van der Waals surface area contributed by atoms with Gasteiger partial charge < -0.3 is 36.4 Å².